The van der Waals surface area contributed by atoms with Crippen molar-refractivity contribution in [3.05, 3.63) is 36.4 Å². The van der Waals surface area contributed by atoms with Crippen LogP contribution in [0.15, 0.2) is 36.4 Å². The topological polar surface area (TPSA) is 55.0 Å². The van der Waals surface area contributed by atoms with E-state index in [1.54, 1.807) is 7.05 Å². The van der Waals surface area contributed by atoms with Gasteiger partial charge in [-0.3, -0.25) is 0 Å². The molecule has 21 heavy (non-hydrogen) atoms. The van der Waals surface area contributed by atoms with Crippen molar-refractivity contribution in [1.82, 2.24) is 9.97 Å². The van der Waals surface area contributed by atoms with Crippen molar-refractivity contribution in [2.45, 2.75) is 12.6 Å². The molecule has 0 radical (unpaired) electrons. The molecule has 0 bridgehead atoms. The minimum atomic E-state index is -4.20. The maximum Gasteiger partial charge on any atom is 0.390 e. The number of hydrogen-bond donors (Lipinski definition) is 1. The first-order chi connectivity index (χ1) is 9.85. The van der Waals surface area contributed by atoms with E-state index in [1.165, 1.54) is 11.0 Å². The highest BCUT2D eigenvalue weighted by molar-refractivity contribution is 5.60. The predicted octanol–water partition coefficient (Wildman–Crippen LogP) is 3.11. The molecule has 2 aromatic rings. The molecule has 0 aliphatic heterocycles. The molecule has 0 saturated heterocycles. The molecular weight excluding hydrogens is 281 g/mol. The molecule has 0 saturated carbocycles. The van der Waals surface area contributed by atoms with Crippen molar-refractivity contribution in [3.8, 4) is 11.4 Å². The SMILES string of the molecule is CN(CCC(F)(F)F)c1cc(N)nc(-c2ccccc2)n1. The van der Waals surface area contributed by atoms with Gasteiger partial charge in [-0.25, -0.2) is 9.97 Å². The van der Waals surface area contributed by atoms with Crippen LogP contribution in [0.1, 0.15) is 6.42 Å². The van der Waals surface area contributed by atoms with Crippen molar-refractivity contribution >= 4 is 11.6 Å². The largest absolute Gasteiger partial charge is 0.390 e. The molecular formula is C14H15F3N4. The lowest BCUT2D eigenvalue weighted by Gasteiger charge is -2.19. The van der Waals surface area contributed by atoms with Gasteiger partial charge in [-0.1, -0.05) is 30.3 Å². The van der Waals surface area contributed by atoms with Crippen LogP contribution in [0, 0.1) is 0 Å². The van der Waals surface area contributed by atoms with Crippen LogP contribution in [-0.4, -0.2) is 29.7 Å². The molecule has 4 nitrogen and oxygen atoms in total. The molecule has 0 aliphatic rings. The van der Waals surface area contributed by atoms with Crippen LogP contribution in [0.25, 0.3) is 11.4 Å². The molecule has 7 heteroatoms. The fraction of sp³-hybridized carbons (Fsp3) is 0.286. The smallest absolute Gasteiger partial charge is 0.384 e. The second-order valence-corrected chi connectivity index (χ2v) is 4.63. The van der Waals surface area contributed by atoms with E-state index in [4.69, 9.17) is 5.73 Å². The number of hydrogen-bond acceptors (Lipinski definition) is 4. The van der Waals surface area contributed by atoms with Crippen LogP contribution in [0.2, 0.25) is 0 Å². The van der Waals surface area contributed by atoms with Gasteiger partial charge in [-0.05, 0) is 0 Å². The van der Waals surface area contributed by atoms with E-state index in [-0.39, 0.29) is 12.4 Å². The Morgan fingerprint density at radius 1 is 1.14 bits per heavy atom. The Kier molecular flexibility index (Phi) is 4.30. The molecule has 0 atom stereocenters. The molecule has 0 spiro atoms. The van der Waals surface area contributed by atoms with Gasteiger partial charge < -0.3 is 10.6 Å². The van der Waals surface area contributed by atoms with Gasteiger partial charge in [0.1, 0.15) is 11.6 Å². The maximum atomic E-state index is 12.3. The summed E-state index contributed by atoms with van der Waals surface area (Å²) < 4.78 is 36.8. The molecule has 112 valence electrons. The van der Waals surface area contributed by atoms with Gasteiger partial charge in [0.15, 0.2) is 5.82 Å². The molecule has 2 N–H and O–H groups in total. The lowest BCUT2D eigenvalue weighted by Crippen LogP contribution is -2.25. The van der Waals surface area contributed by atoms with Crippen molar-refractivity contribution in [2.24, 2.45) is 0 Å². The minimum Gasteiger partial charge on any atom is -0.384 e. The number of nitrogens with two attached hydrogens (primary N) is 1. The summed E-state index contributed by atoms with van der Waals surface area (Å²) in [4.78, 5) is 9.80. The molecule has 0 unspecified atom stereocenters. The number of benzene rings is 1. The third-order valence-electron chi connectivity index (χ3n) is 2.89. The maximum absolute atomic E-state index is 12.3. The normalized spacial score (nSPS) is 11.4. The number of alkyl halides is 3. The molecule has 0 aliphatic carbocycles. The average molecular weight is 296 g/mol. The third-order valence-corrected chi connectivity index (χ3v) is 2.89. The van der Waals surface area contributed by atoms with Gasteiger partial charge in [0, 0.05) is 25.2 Å². The van der Waals surface area contributed by atoms with E-state index in [2.05, 4.69) is 9.97 Å². The highest BCUT2D eigenvalue weighted by Crippen LogP contribution is 2.23. The van der Waals surface area contributed by atoms with Gasteiger partial charge in [0.2, 0.25) is 0 Å². The van der Waals surface area contributed by atoms with Gasteiger partial charge in [0.25, 0.3) is 0 Å². The fourth-order valence-corrected chi connectivity index (χ4v) is 1.77. The Morgan fingerprint density at radius 3 is 2.43 bits per heavy atom. The van der Waals surface area contributed by atoms with Gasteiger partial charge in [-0.15, -0.1) is 0 Å². The van der Waals surface area contributed by atoms with Crippen LogP contribution < -0.4 is 10.6 Å². The molecule has 0 amide bonds. The van der Waals surface area contributed by atoms with E-state index >= 15 is 0 Å². The zero-order valence-electron chi connectivity index (χ0n) is 11.4. The Labute approximate surface area is 120 Å². The van der Waals surface area contributed by atoms with Crippen LogP contribution in [-0.2, 0) is 0 Å². The molecule has 0 fully saturated rings. The Balaban J connectivity index is 2.23. The second-order valence-electron chi connectivity index (χ2n) is 4.63. The first-order valence-electron chi connectivity index (χ1n) is 6.33. The first-order valence-corrected chi connectivity index (χ1v) is 6.33. The highest BCUT2D eigenvalue weighted by Gasteiger charge is 2.27. The Hall–Kier alpha value is -2.31. The summed E-state index contributed by atoms with van der Waals surface area (Å²) in [6, 6.07) is 10.6. The second kappa shape index (κ2) is 5.99. The van der Waals surface area contributed by atoms with Gasteiger partial charge in [-0.2, -0.15) is 13.2 Å². The van der Waals surface area contributed by atoms with E-state index < -0.39 is 12.6 Å². The minimum absolute atomic E-state index is 0.186. The summed E-state index contributed by atoms with van der Waals surface area (Å²) in [6.07, 6.45) is -5.11. The zero-order chi connectivity index (χ0) is 15.5. The lowest BCUT2D eigenvalue weighted by molar-refractivity contribution is -0.132. The molecule has 1 heterocycles. The highest BCUT2D eigenvalue weighted by atomic mass is 19.4. The number of rotatable bonds is 4. The summed E-state index contributed by atoms with van der Waals surface area (Å²) in [6.45, 7) is -0.186. The average Bonchev–Trinajstić information content (AvgIpc) is 2.44. The molecule has 1 aromatic heterocycles. The van der Waals surface area contributed by atoms with Crippen LogP contribution in [0.4, 0.5) is 24.8 Å². The van der Waals surface area contributed by atoms with E-state index in [0.717, 1.165) is 5.56 Å². The predicted molar refractivity (Wildman–Crippen MR) is 75.8 cm³/mol. The Morgan fingerprint density at radius 2 is 1.81 bits per heavy atom. The van der Waals surface area contributed by atoms with Crippen molar-refractivity contribution < 1.29 is 13.2 Å². The van der Waals surface area contributed by atoms with E-state index in [9.17, 15) is 13.2 Å². The summed E-state index contributed by atoms with van der Waals surface area (Å²) in [5, 5.41) is 0. The monoisotopic (exact) mass is 296 g/mol. The Bertz CT molecular complexity index is 599. The third kappa shape index (κ3) is 4.34. The van der Waals surface area contributed by atoms with Crippen LogP contribution in [0.5, 0.6) is 0 Å². The summed E-state index contributed by atoms with van der Waals surface area (Å²) in [5.74, 6) is 0.979. The summed E-state index contributed by atoms with van der Waals surface area (Å²) >= 11 is 0. The van der Waals surface area contributed by atoms with Crippen LogP contribution in [0.3, 0.4) is 0 Å². The fourth-order valence-electron chi connectivity index (χ4n) is 1.77. The van der Waals surface area contributed by atoms with Gasteiger partial charge >= 0.3 is 6.18 Å². The molecule has 2 rings (SSSR count). The quantitative estimate of drug-likeness (QED) is 0.942. The van der Waals surface area contributed by atoms with Crippen molar-refractivity contribution in [3.63, 3.8) is 0 Å². The summed E-state index contributed by atoms with van der Waals surface area (Å²) in [7, 11) is 1.54. The van der Waals surface area contributed by atoms with Gasteiger partial charge in [0.05, 0.1) is 6.42 Å². The lowest BCUT2D eigenvalue weighted by atomic mass is 10.2. The van der Waals surface area contributed by atoms with Crippen molar-refractivity contribution in [1.29, 1.82) is 0 Å². The number of halogens is 3. The molecule has 1 aromatic carbocycles. The number of aromatic nitrogens is 2. The summed E-state index contributed by atoms with van der Waals surface area (Å²) in [5.41, 5.74) is 6.48. The first kappa shape index (κ1) is 15.1. The number of anilines is 2. The van der Waals surface area contributed by atoms with E-state index in [0.29, 0.717) is 11.6 Å². The van der Waals surface area contributed by atoms with Crippen molar-refractivity contribution in [2.75, 3.05) is 24.2 Å². The van der Waals surface area contributed by atoms with Crippen LogP contribution >= 0.6 is 0 Å². The van der Waals surface area contributed by atoms with E-state index in [1.807, 2.05) is 30.3 Å². The standard InChI is InChI=1S/C14H15F3N4/c1-21(8-7-14(15,16)17)12-9-11(18)19-13(20-12)10-5-3-2-4-6-10/h2-6,9H,7-8H2,1H3,(H2,18,19,20). The number of nitrogen functional groups attached to an aromatic ring is 1. The zero-order valence-corrected chi connectivity index (χ0v) is 11.4. The number of nitrogens with zero attached hydrogens (tertiary/aromatic N) is 3.